The molecule has 3 aromatic carbocycles. The van der Waals surface area contributed by atoms with Gasteiger partial charge in [-0.3, -0.25) is 4.90 Å². The summed E-state index contributed by atoms with van der Waals surface area (Å²) in [6.45, 7) is 7.63. The summed E-state index contributed by atoms with van der Waals surface area (Å²) in [4.78, 5) is 19.2. The van der Waals surface area contributed by atoms with Crippen molar-refractivity contribution in [2.24, 2.45) is 5.10 Å². The number of carbonyl (C=O) groups excluding carboxylic acids is 1. The topological polar surface area (TPSA) is 118 Å². The third-order valence-electron chi connectivity index (χ3n) is 6.66. The Bertz CT molecular complexity index is 1540. The molecule has 3 N–H and O–H groups in total. The van der Waals surface area contributed by atoms with Crippen LogP contribution in [0.4, 0.5) is 10.5 Å². The van der Waals surface area contributed by atoms with E-state index >= 15 is 0 Å². The van der Waals surface area contributed by atoms with E-state index in [1.165, 1.54) is 17.8 Å². The smallest absolute Gasteiger partial charge is 0.339 e. The maximum atomic E-state index is 12.2. The zero-order valence-electron chi connectivity index (χ0n) is 23.5. The van der Waals surface area contributed by atoms with E-state index in [2.05, 4.69) is 39.6 Å². The number of hydrogen-bond donors (Lipinski definition) is 3. The van der Waals surface area contributed by atoms with Crippen LogP contribution < -0.4 is 25.0 Å². The predicted molar refractivity (Wildman–Crippen MR) is 163 cm³/mol. The number of aromatic nitrogens is 1. The van der Waals surface area contributed by atoms with Gasteiger partial charge in [-0.25, -0.2) is 15.2 Å². The standard InChI is InChI=1S/C31H33N5O5S/c1-3-36(4-2)17-21-5-9-24(10-6-21)34-31(38)35-32-16-23-8-11-26(15-27(23)37)39-18-25-19-42-30(33-25)14-22-7-12-28-29(13-22)41-20-40-28/h5-13,15-16,19,37H,3-4,14,17-18,20H2,1-2H3,(H2,34,35,38)/b32-16+. The summed E-state index contributed by atoms with van der Waals surface area (Å²) in [5, 5.41) is 20.0. The quantitative estimate of drug-likeness (QED) is 0.143. The zero-order valence-corrected chi connectivity index (χ0v) is 24.3. The summed E-state index contributed by atoms with van der Waals surface area (Å²) in [5.41, 5.74) is 6.58. The molecule has 1 aromatic heterocycles. The maximum Gasteiger partial charge on any atom is 0.339 e. The van der Waals surface area contributed by atoms with Crippen LogP contribution in [0.2, 0.25) is 0 Å². The summed E-state index contributed by atoms with van der Waals surface area (Å²) in [6, 6.07) is 18.0. The first-order chi connectivity index (χ1) is 20.5. The predicted octanol–water partition coefficient (Wildman–Crippen LogP) is 5.74. The number of hydrazone groups is 1. The molecular formula is C31H33N5O5S. The van der Waals surface area contributed by atoms with Crippen molar-refractivity contribution in [2.45, 2.75) is 33.4 Å². The van der Waals surface area contributed by atoms with E-state index in [0.717, 1.165) is 47.4 Å². The van der Waals surface area contributed by atoms with Crippen molar-refractivity contribution in [1.82, 2.24) is 15.3 Å². The number of benzene rings is 3. The van der Waals surface area contributed by atoms with Crippen molar-refractivity contribution in [3.05, 3.63) is 93.4 Å². The van der Waals surface area contributed by atoms with Gasteiger partial charge < -0.3 is 24.6 Å². The molecule has 218 valence electrons. The fraction of sp³-hybridized carbons (Fsp3) is 0.258. The highest BCUT2D eigenvalue weighted by molar-refractivity contribution is 7.09. The number of fused-ring (bicyclic) bond motifs is 1. The van der Waals surface area contributed by atoms with Crippen LogP contribution in [-0.4, -0.2) is 47.1 Å². The minimum Gasteiger partial charge on any atom is -0.507 e. The fourth-order valence-electron chi connectivity index (χ4n) is 4.32. The number of ether oxygens (including phenoxy) is 3. The van der Waals surface area contributed by atoms with E-state index in [4.69, 9.17) is 14.2 Å². The fourth-order valence-corrected chi connectivity index (χ4v) is 5.13. The van der Waals surface area contributed by atoms with Crippen molar-refractivity contribution < 1.29 is 24.1 Å². The lowest BCUT2D eigenvalue weighted by molar-refractivity contribution is 0.174. The number of aromatic hydroxyl groups is 1. The van der Waals surface area contributed by atoms with Gasteiger partial charge in [0.25, 0.3) is 0 Å². The lowest BCUT2D eigenvalue weighted by atomic mass is 10.1. The molecule has 10 nitrogen and oxygen atoms in total. The van der Waals surface area contributed by atoms with Crippen molar-refractivity contribution in [1.29, 1.82) is 0 Å². The number of rotatable bonds is 12. The van der Waals surface area contributed by atoms with Crippen LogP contribution in [0.5, 0.6) is 23.0 Å². The van der Waals surface area contributed by atoms with Crippen LogP contribution in [0.15, 0.2) is 71.1 Å². The van der Waals surface area contributed by atoms with E-state index < -0.39 is 6.03 Å². The third kappa shape index (κ3) is 7.77. The molecule has 4 aromatic rings. The number of amides is 2. The molecule has 0 bridgehead atoms. The van der Waals surface area contributed by atoms with Gasteiger partial charge in [0.05, 0.1) is 16.9 Å². The van der Waals surface area contributed by atoms with Crippen molar-refractivity contribution >= 4 is 29.3 Å². The first kappa shape index (κ1) is 28.9. The second-order valence-corrected chi connectivity index (χ2v) is 10.5. The second-order valence-electron chi connectivity index (χ2n) is 9.59. The molecule has 0 aliphatic carbocycles. The highest BCUT2D eigenvalue weighted by atomic mass is 32.1. The van der Waals surface area contributed by atoms with Crippen LogP contribution >= 0.6 is 11.3 Å². The Kier molecular flexibility index (Phi) is 9.52. The van der Waals surface area contributed by atoms with Crippen LogP contribution in [0.1, 0.15) is 41.2 Å². The number of carbonyl (C=O) groups is 1. The molecule has 0 saturated heterocycles. The monoisotopic (exact) mass is 587 g/mol. The second kappa shape index (κ2) is 13.8. The van der Waals surface area contributed by atoms with E-state index in [9.17, 15) is 9.90 Å². The Morgan fingerprint density at radius 3 is 2.64 bits per heavy atom. The first-order valence-electron chi connectivity index (χ1n) is 13.7. The molecule has 2 amide bonds. The van der Waals surface area contributed by atoms with Crippen LogP contribution in [0.25, 0.3) is 0 Å². The summed E-state index contributed by atoms with van der Waals surface area (Å²) in [7, 11) is 0. The van der Waals surface area contributed by atoms with Crippen molar-refractivity contribution in [2.75, 3.05) is 25.2 Å². The lowest BCUT2D eigenvalue weighted by Gasteiger charge is -2.18. The maximum absolute atomic E-state index is 12.2. The van der Waals surface area contributed by atoms with Gasteiger partial charge in [-0.2, -0.15) is 5.10 Å². The summed E-state index contributed by atoms with van der Waals surface area (Å²) in [5.74, 6) is 1.98. The molecule has 11 heteroatoms. The Balaban J connectivity index is 1.07. The molecule has 1 aliphatic heterocycles. The van der Waals surface area contributed by atoms with Gasteiger partial charge in [0.1, 0.15) is 18.1 Å². The number of phenols is 1. The van der Waals surface area contributed by atoms with Gasteiger partial charge >= 0.3 is 6.03 Å². The largest absolute Gasteiger partial charge is 0.507 e. The average molecular weight is 588 g/mol. The molecule has 0 atom stereocenters. The van der Waals surface area contributed by atoms with Crippen molar-refractivity contribution in [3.8, 4) is 23.0 Å². The summed E-state index contributed by atoms with van der Waals surface area (Å²) < 4.78 is 16.6. The highest BCUT2D eigenvalue weighted by Gasteiger charge is 2.14. The lowest BCUT2D eigenvalue weighted by Crippen LogP contribution is -2.24. The summed E-state index contributed by atoms with van der Waals surface area (Å²) >= 11 is 1.56. The molecule has 42 heavy (non-hydrogen) atoms. The van der Waals surface area contributed by atoms with Gasteiger partial charge in [-0.05, 0) is 60.6 Å². The molecule has 0 saturated carbocycles. The Morgan fingerprint density at radius 1 is 1.07 bits per heavy atom. The molecule has 2 heterocycles. The minimum atomic E-state index is -0.483. The number of nitrogens with one attached hydrogen (secondary N) is 2. The van der Waals surface area contributed by atoms with Gasteiger partial charge in [-0.1, -0.05) is 32.0 Å². The van der Waals surface area contributed by atoms with Gasteiger partial charge in [0, 0.05) is 35.7 Å². The number of phenolic OH excluding ortho intramolecular Hbond substituents is 1. The van der Waals surface area contributed by atoms with Crippen LogP contribution in [0, 0.1) is 0 Å². The average Bonchev–Trinajstić information content (AvgIpc) is 3.66. The number of thiazole rings is 1. The Labute approximate surface area is 248 Å². The van der Waals surface area contributed by atoms with Crippen LogP contribution in [0.3, 0.4) is 0 Å². The van der Waals surface area contributed by atoms with Gasteiger partial charge in [-0.15, -0.1) is 11.3 Å². The third-order valence-corrected chi connectivity index (χ3v) is 7.56. The molecule has 0 unspecified atom stereocenters. The van der Waals surface area contributed by atoms with E-state index in [-0.39, 0.29) is 19.1 Å². The summed E-state index contributed by atoms with van der Waals surface area (Å²) in [6.07, 6.45) is 2.06. The number of hydrogen-bond acceptors (Lipinski definition) is 9. The molecule has 5 rings (SSSR count). The number of anilines is 1. The van der Waals surface area contributed by atoms with E-state index in [1.54, 1.807) is 23.5 Å². The van der Waals surface area contributed by atoms with E-state index in [1.807, 2.05) is 47.8 Å². The molecule has 0 radical (unpaired) electrons. The van der Waals surface area contributed by atoms with Crippen molar-refractivity contribution in [3.63, 3.8) is 0 Å². The highest BCUT2D eigenvalue weighted by Crippen LogP contribution is 2.33. The number of nitrogens with zero attached hydrogens (tertiary/aromatic N) is 3. The molecular weight excluding hydrogens is 554 g/mol. The normalized spacial score (nSPS) is 12.2. The SMILES string of the molecule is CCN(CC)Cc1ccc(NC(=O)N/N=C/c2ccc(OCc3csc(Cc4ccc5c(c4)OCO5)n3)cc2O)cc1. The van der Waals surface area contributed by atoms with Crippen LogP contribution in [-0.2, 0) is 19.6 Å². The number of urea groups is 1. The molecule has 0 fully saturated rings. The Hall–Kier alpha value is -4.61. The first-order valence-corrected chi connectivity index (χ1v) is 14.6. The van der Waals surface area contributed by atoms with Gasteiger partial charge in [0.15, 0.2) is 11.5 Å². The Morgan fingerprint density at radius 2 is 1.86 bits per heavy atom. The minimum absolute atomic E-state index is 0.0241. The van der Waals surface area contributed by atoms with Gasteiger partial charge in [0.2, 0.25) is 6.79 Å². The van der Waals surface area contributed by atoms with E-state index in [0.29, 0.717) is 23.4 Å². The molecule has 0 spiro atoms. The zero-order chi connectivity index (χ0) is 29.3. The molecule has 1 aliphatic rings.